The highest BCUT2D eigenvalue weighted by atomic mass is 16.5. The fraction of sp³-hybridized carbons (Fsp3) is 1.00. The van der Waals surface area contributed by atoms with E-state index in [-0.39, 0.29) is 5.54 Å². The van der Waals surface area contributed by atoms with Crippen LogP contribution in [0.3, 0.4) is 0 Å². The van der Waals surface area contributed by atoms with Gasteiger partial charge in [0.1, 0.15) is 0 Å². The van der Waals surface area contributed by atoms with Gasteiger partial charge in [0.25, 0.3) is 0 Å². The highest BCUT2D eigenvalue weighted by Gasteiger charge is 2.46. The van der Waals surface area contributed by atoms with Crippen LogP contribution in [0.15, 0.2) is 0 Å². The van der Waals surface area contributed by atoms with Gasteiger partial charge in [-0.15, -0.1) is 0 Å². The summed E-state index contributed by atoms with van der Waals surface area (Å²) in [5.74, 6) is 2.82. The Morgan fingerprint density at radius 1 is 1.10 bits per heavy atom. The van der Waals surface area contributed by atoms with E-state index in [0.717, 1.165) is 24.4 Å². The zero-order chi connectivity index (χ0) is 14.2. The fourth-order valence-electron chi connectivity index (χ4n) is 4.73. The topological polar surface area (TPSA) is 21.3 Å². The maximum Gasteiger partial charge on any atom is 0.0685 e. The van der Waals surface area contributed by atoms with Crippen molar-refractivity contribution in [1.29, 1.82) is 0 Å². The third kappa shape index (κ3) is 3.22. The zero-order valence-corrected chi connectivity index (χ0v) is 13.7. The van der Waals surface area contributed by atoms with Gasteiger partial charge in [0.05, 0.1) is 5.60 Å². The molecule has 1 saturated heterocycles. The van der Waals surface area contributed by atoms with Crippen LogP contribution in [0, 0.1) is 17.8 Å². The van der Waals surface area contributed by atoms with Crippen molar-refractivity contribution < 1.29 is 4.74 Å². The molecular weight excluding hydrogens is 246 g/mol. The van der Waals surface area contributed by atoms with E-state index in [0.29, 0.717) is 5.60 Å². The predicted molar refractivity (Wildman–Crippen MR) is 83.8 cm³/mol. The van der Waals surface area contributed by atoms with Crippen molar-refractivity contribution in [1.82, 2.24) is 5.32 Å². The first-order chi connectivity index (χ1) is 9.48. The largest absolute Gasteiger partial charge is 0.375 e. The molecule has 0 radical (unpaired) electrons. The van der Waals surface area contributed by atoms with Crippen LogP contribution in [0.2, 0.25) is 0 Å². The van der Waals surface area contributed by atoms with Crippen LogP contribution in [0.4, 0.5) is 0 Å². The minimum Gasteiger partial charge on any atom is -0.375 e. The van der Waals surface area contributed by atoms with Gasteiger partial charge in [-0.2, -0.15) is 0 Å². The molecule has 20 heavy (non-hydrogen) atoms. The summed E-state index contributed by atoms with van der Waals surface area (Å²) in [6.45, 7) is 9.11. The van der Waals surface area contributed by atoms with Crippen LogP contribution in [-0.4, -0.2) is 24.3 Å². The molecule has 1 spiro atoms. The summed E-state index contributed by atoms with van der Waals surface area (Å²) in [4.78, 5) is 0. The van der Waals surface area contributed by atoms with Gasteiger partial charge in [0.2, 0.25) is 0 Å². The average Bonchev–Trinajstić information content (AvgIpc) is 2.82. The molecule has 2 nitrogen and oxygen atoms in total. The Bertz CT molecular complexity index is 329. The molecule has 3 unspecified atom stereocenters. The molecule has 3 rings (SSSR count). The summed E-state index contributed by atoms with van der Waals surface area (Å²) in [7, 11) is 0. The number of hydrogen-bond donors (Lipinski definition) is 1. The number of ether oxygens (including phenoxy) is 1. The molecule has 1 heterocycles. The highest BCUT2D eigenvalue weighted by Crippen LogP contribution is 2.49. The second-order valence-corrected chi connectivity index (χ2v) is 8.62. The molecule has 1 aliphatic heterocycles. The Morgan fingerprint density at radius 3 is 2.55 bits per heavy atom. The molecule has 3 fully saturated rings. The van der Waals surface area contributed by atoms with Crippen molar-refractivity contribution >= 4 is 0 Å². The van der Waals surface area contributed by atoms with Crippen LogP contribution >= 0.6 is 0 Å². The normalized spacial score (nSPS) is 37.0. The lowest BCUT2D eigenvalue weighted by molar-refractivity contribution is -0.151. The van der Waals surface area contributed by atoms with Crippen molar-refractivity contribution in [2.24, 2.45) is 17.8 Å². The monoisotopic (exact) mass is 279 g/mol. The molecule has 0 amide bonds. The van der Waals surface area contributed by atoms with Gasteiger partial charge >= 0.3 is 0 Å². The predicted octanol–water partition coefficient (Wildman–Crippen LogP) is 4.14. The van der Waals surface area contributed by atoms with E-state index < -0.39 is 0 Å². The molecule has 3 aliphatic rings. The molecule has 0 bridgehead atoms. The smallest absolute Gasteiger partial charge is 0.0685 e. The molecular formula is C18H33NO. The summed E-state index contributed by atoms with van der Waals surface area (Å²) >= 11 is 0. The summed E-state index contributed by atoms with van der Waals surface area (Å²) in [5, 5.41) is 3.75. The molecule has 116 valence electrons. The van der Waals surface area contributed by atoms with Crippen molar-refractivity contribution in [3.05, 3.63) is 0 Å². The number of nitrogens with one attached hydrogen (secondary N) is 1. The molecule has 0 aromatic heterocycles. The van der Waals surface area contributed by atoms with E-state index >= 15 is 0 Å². The highest BCUT2D eigenvalue weighted by molar-refractivity contribution is 4.97. The van der Waals surface area contributed by atoms with E-state index in [1.54, 1.807) is 0 Å². The molecule has 2 heteroatoms. The van der Waals surface area contributed by atoms with Gasteiger partial charge in [-0.05, 0) is 90.0 Å². The minimum absolute atomic E-state index is 0.262. The first kappa shape index (κ1) is 14.8. The van der Waals surface area contributed by atoms with E-state index in [4.69, 9.17) is 4.74 Å². The molecule has 3 atom stereocenters. The van der Waals surface area contributed by atoms with Gasteiger partial charge in [-0.1, -0.05) is 6.42 Å². The zero-order valence-electron chi connectivity index (χ0n) is 13.7. The van der Waals surface area contributed by atoms with Crippen molar-refractivity contribution in [2.75, 3.05) is 13.2 Å². The number of hydrogen-bond acceptors (Lipinski definition) is 2. The first-order valence-corrected chi connectivity index (χ1v) is 8.86. The van der Waals surface area contributed by atoms with Crippen molar-refractivity contribution in [2.45, 2.75) is 83.3 Å². The van der Waals surface area contributed by atoms with Crippen LogP contribution in [0.25, 0.3) is 0 Å². The summed E-state index contributed by atoms with van der Waals surface area (Å²) in [6.07, 6.45) is 11.1. The van der Waals surface area contributed by atoms with Crippen molar-refractivity contribution in [3.8, 4) is 0 Å². The quantitative estimate of drug-likeness (QED) is 0.838. The summed E-state index contributed by atoms with van der Waals surface area (Å²) < 4.78 is 6.13. The third-order valence-electron chi connectivity index (χ3n) is 6.01. The first-order valence-electron chi connectivity index (χ1n) is 8.86. The molecule has 0 aromatic carbocycles. The maximum absolute atomic E-state index is 6.13. The second-order valence-electron chi connectivity index (χ2n) is 8.62. The van der Waals surface area contributed by atoms with Crippen LogP contribution in [0.5, 0.6) is 0 Å². The second kappa shape index (κ2) is 5.61. The molecule has 0 aromatic rings. The van der Waals surface area contributed by atoms with Gasteiger partial charge < -0.3 is 10.1 Å². The van der Waals surface area contributed by atoms with E-state index in [1.807, 2.05) is 0 Å². The Balaban J connectivity index is 1.57. The fourth-order valence-corrected chi connectivity index (χ4v) is 4.73. The standard InChI is InChI=1S/C18H33NO/c1-17(2,3)19-13-15-6-4-7-16(15)14-8-11-20-18(12-14)9-5-10-18/h14-16,19H,4-13H2,1-3H3. The van der Waals surface area contributed by atoms with E-state index in [2.05, 4.69) is 26.1 Å². The Morgan fingerprint density at radius 2 is 1.90 bits per heavy atom. The van der Waals surface area contributed by atoms with Gasteiger partial charge in [0, 0.05) is 12.1 Å². The molecule has 1 N–H and O–H groups in total. The summed E-state index contributed by atoms with van der Waals surface area (Å²) in [6, 6.07) is 0. The average molecular weight is 279 g/mol. The van der Waals surface area contributed by atoms with E-state index in [9.17, 15) is 0 Å². The third-order valence-corrected chi connectivity index (χ3v) is 6.01. The Kier molecular flexibility index (Phi) is 4.16. The lowest BCUT2D eigenvalue weighted by Gasteiger charge is -2.49. The van der Waals surface area contributed by atoms with Gasteiger partial charge in [0.15, 0.2) is 0 Å². The van der Waals surface area contributed by atoms with Gasteiger partial charge in [-0.25, -0.2) is 0 Å². The molecule has 2 aliphatic carbocycles. The SMILES string of the molecule is CC(C)(C)NCC1CCCC1C1CCOC2(CCC2)C1. The van der Waals surface area contributed by atoms with Crippen LogP contribution < -0.4 is 5.32 Å². The van der Waals surface area contributed by atoms with Crippen LogP contribution in [0.1, 0.15) is 72.1 Å². The Labute approximate surface area is 125 Å². The Hall–Kier alpha value is -0.0800. The lowest BCUT2D eigenvalue weighted by atomic mass is 9.67. The van der Waals surface area contributed by atoms with Gasteiger partial charge in [-0.3, -0.25) is 0 Å². The lowest BCUT2D eigenvalue weighted by Crippen LogP contribution is -2.48. The van der Waals surface area contributed by atoms with Crippen molar-refractivity contribution in [3.63, 3.8) is 0 Å². The summed E-state index contributed by atoms with van der Waals surface area (Å²) in [5.41, 5.74) is 0.589. The maximum atomic E-state index is 6.13. The van der Waals surface area contributed by atoms with E-state index in [1.165, 1.54) is 57.9 Å². The number of rotatable bonds is 3. The minimum atomic E-state index is 0.262. The van der Waals surface area contributed by atoms with Crippen LogP contribution in [-0.2, 0) is 4.74 Å². The molecule has 2 saturated carbocycles.